The summed E-state index contributed by atoms with van der Waals surface area (Å²) in [5.41, 5.74) is 2.40. The van der Waals surface area contributed by atoms with Crippen LogP contribution in [0.25, 0.3) is 10.2 Å². The van der Waals surface area contributed by atoms with E-state index in [2.05, 4.69) is 23.1 Å². The molecule has 5 nitrogen and oxygen atoms in total. The number of carbonyl (C=O) groups is 1. The van der Waals surface area contributed by atoms with Gasteiger partial charge >= 0.3 is 5.97 Å². The van der Waals surface area contributed by atoms with Crippen LogP contribution in [0.5, 0.6) is 5.75 Å². The van der Waals surface area contributed by atoms with E-state index in [1.54, 1.807) is 29.5 Å². The number of carboxylic acid groups (broad SMARTS) is 1. The standard InChI is InChI=1S/C20H18N2O3S/c23-18(24)13-5-6-15-17(11-13)26-19(21-15)22-9-7-20(8-10-22)12-14-3-1-2-4-16(14)25-20/h1-6,11H,7-10,12H2,(H,23,24). The highest BCUT2D eigenvalue weighted by molar-refractivity contribution is 7.22. The average Bonchev–Trinajstić information content (AvgIpc) is 3.22. The highest BCUT2D eigenvalue weighted by Gasteiger charge is 2.42. The van der Waals surface area contributed by atoms with Gasteiger partial charge in [-0.3, -0.25) is 0 Å². The number of aromatic nitrogens is 1. The van der Waals surface area contributed by atoms with Crippen LogP contribution in [0.2, 0.25) is 0 Å². The van der Waals surface area contributed by atoms with Gasteiger partial charge in [-0.1, -0.05) is 29.5 Å². The third kappa shape index (κ3) is 2.52. The van der Waals surface area contributed by atoms with E-state index in [0.29, 0.717) is 5.56 Å². The zero-order valence-electron chi connectivity index (χ0n) is 14.1. The Balaban J connectivity index is 1.34. The first kappa shape index (κ1) is 15.6. The highest BCUT2D eigenvalue weighted by Crippen LogP contribution is 2.42. The number of piperidine rings is 1. The van der Waals surface area contributed by atoms with Crippen molar-refractivity contribution in [1.82, 2.24) is 4.98 Å². The van der Waals surface area contributed by atoms with Gasteiger partial charge in [0, 0.05) is 32.4 Å². The maximum atomic E-state index is 11.2. The van der Waals surface area contributed by atoms with Crippen LogP contribution in [0.3, 0.4) is 0 Å². The molecular formula is C20H18N2O3S. The molecule has 0 radical (unpaired) electrons. The van der Waals surface area contributed by atoms with Gasteiger partial charge in [0.25, 0.3) is 0 Å². The number of carboxylic acids is 1. The number of benzene rings is 2. The zero-order valence-corrected chi connectivity index (χ0v) is 15.0. The van der Waals surface area contributed by atoms with Crippen LogP contribution in [0, 0.1) is 0 Å². The molecule has 1 N–H and O–H groups in total. The van der Waals surface area contributed by atoms with Crippen molar-refractivity contribution in [2.45, 2.75) is 24.9 Å². The van der Waals surface area contributed by atoms with E-state index >= 15 is 0 Å². The Morgan fingerprint density at radius 1 is 1.19 bits per heavy atom. The van der Waals surface area contributed by atoms with Crippen molar-refractivity contribution in [1.29, 1.82) is 0 Å². The number of rotatable bonds is 2. The van der Waals surface area contributed by atoms with E-state index in [9.17, 15) is 4.79 Å². The van der Waals surface area contributed by atoms with Crippen LogP contribution < -0.4 is 9.64 Å². The molecule has 1 saturated heterocycles. The predicted molar refractivity (Wildman–Crippen MR) is 102 cm³/mol. The minimum Gasteiger partial charge on any atom is -0.487 e. The summed E-state index contributed by atoms with van der Waals surface area (Å²) in [6.07, 6.45) is 2.93. The van der Waals surface area contributed by atoms with Crippen molar-refractivity contribution in [2.24, 2.45) is 0 Å². The number of ether oxygens (including phenoxy) is 1. The molecule has 2 aliphatic heterocycles. The monoisotopic (exact) mass is 366 g/mol. The number of aromatic carboxylic acids is 1. The van der Waals surface area contributed by atoms with Gasteiger partial charge in [-0.15, -0.1) is 0 Å². The van der Waals surface area contributed by atoms with E-state index < -0.39 is 5.97 Å². The third-order valence-electron chi connectivity index (χ3n) is 5.38. The van der Waals surface area contributed by atoms with Crippen molar-refractivity contribution < 1.29 is 14.6 Å². The Morgan fingerprint density at radius 2 is 2.00 bits per heavy atom. The molecule has 0 atom stereocenters. The molecule has 3 heterocycles. The third-order valence-corrected chi connectivity index (χ3v) is 6.46. The Labute approximate surface area is 154 Å². The second kappa shape index (κ2) is 5.71. The lowest BCUT2D eigenvalue weighted by molar-refractivity contribution is 0.0667. The fraction of sp³-hybridized carbons (Fsp3) is 0.300. The van der Waals surface area contributed by atoms with Gasteiger partial charge < -0.3 is 14.7 Å². The van der Waals surface area contributed by atoms with Gasteiger partial charge in [-0.25, -0.2) is 9.78 Å². The maximum absolute atomic E-state index is 11.2. The average molecular weight is 366 g/mol. The maximum Gasteiger partial charge on any atom is 0.335 e. The molecule has 0 bridgehead atoms. The summed E-state index contributed by atoms with van der Waals surface area (Å²) in [6.45, 7) is 1.80. The van der Waals surface area contributed by atoms with Gasteiger partial charge in [-0.2, -0.15) is 0 Å². The van der Waals surface area contributed by atoms with Gasteiger partial charge in [0.05, 0.1) is 15.8 Å². The number of hydrogen-bond acceptors (Lipinski definition) is 5. The minimum atomic E-state index is -0.903. The number of thiazole rings is 1. The second-order valence-corrected chi connectivity index (χ2v) is 8.05. The molecule has 0 aliphatic carbocycles. The molecule has 26 heavy (non-hydrogen) atoms. The molecule has 2 aliphatic rings. The van der Waals surface area contributed by atoms with E-state index in [-0.39, 0.29) is 5.60 Å². The van der Waals surface area contributed by atoms with Crippen molar-refractivity contribution in [3.63, 3.8) is 0 Å². The van der Waals surface area contributed by atoms with Gasteiger partial charge in [0.1, 0.15) is 11.4 Å². The Morgan fingerprint density at radius 3 is 2.77 bits per heavy atom. The fourth-order valence-electron chi connectivity index (χ4n) is 3.93. The fourth-order valence-corrected chi connectivity index (χ4v) is 4.99. The summed E-state index contributed by atoms with van der Waals surface area (Å²) in [4.78, 5) is 18.1. The SMILES string of the molecule is O=C(O)c1ccc2nc(N3CCC4(CC3)Cc3ccccc3O4)sc2c1. The summed E-state index contributed by atoms with van der Waals surface area (Å²) in [5, 5.41) is 10.1. The number of fused-ring (bicyclic) bond motifs is 2. The first-order chi connectivity index (χ1) is 12.6. The van der Waals surface area contributed by atoms with Crippen molar-refractivity contribution >= 4 is 32.7 Å². The van der Waals surface area contributed by atoms with Gasteiger partial charge in [0.2, 0.25) is 0 Å². The highest BCUT2D eigenvalue weighted by atomic mass is 32.1. The smallest absolute Gasteiger partial charge is 0.335 e. The molecule has 0 unspecified atom stereocenters. The van der Waals surface area contributed by atoms with Crippen LogP contribution in [0.15, 0.2) is 42.5 Å². The molecule has 2 aromatic carbocycles. The summed E-state index contributed by atoms with van der Waals surface area (Å²) in [7, 11) is 0. The topological polar surface area (TPSA) is 62.7 Å². The number of nitrogens with zero attached hydrogens (tertiary/aromatic N) is 2. The van der Waals surface area contributed by atoms with E-state index in [1.165, 1.54) is 5.56 Å². The molecule has 3 aromatic rings. The zero-order chi connectivity index (χ0) is 17.7. The summed E-state index contributed by atoms with van der Waals surface area (Å²) < 4.78 is 7.23. The molecule has 132 valence electrons. The number of hydrogen-bond donors (Lipinski definition) is 1. The molecule has 0 amide bonds. The summed E-state index contributed by atoms with van der Waals surface area (Å²) in [6, 6.07) is 13.4. The summed E-state index contributed by atoms with van der Waals surface area (Å²) in [5.74, 6) is 0.127. The van der Waals surface area contributed by atoms with Crippen LogP contribution in [0.1, 0.15) is 28.8 Å². The summed E-state index contributed by atoms with van der Waals surface area (Å²) >= 11 is 1.56. The lowest BCUT2D eigenvalue weighted by Crippen LogP contribution is -2.47. The number of para-hydroxylation sites is 1. The largest absolute Gasteiger partial charge is 0.487 e. The van der Waals surface area contributed by atoms with Crippen LogP contribution in [-0.2, 0) is 6.42 Å². The molecular weight excluding hydrogens is 348 g/mol. The van der Waals surface area contributed by atoms with E-state index in [0.717, 1.165) is 53.4 Å². The first-order valence-corrected chi connectivity index (χ1v) is 9.59. The van der Waals surface area contributed by atoms with Gasteiger partial charge in [0.15, 0.2) is 5.13 Å². The lowest BCUT2D eigenvalue weighted by Gasteiger charge is -2.38. The number of anilines is 1. The normalized spacial score (nSPS) is 18.1. The molecule has 6 heteroatoms. The van der Waals surface area contributed by atoms with E-state index in [1.807, 2.05) is 6.07 Å². The quantitative estimate of drug-likeness (QED) is 0.744. The first-order valence-electron chi connectivity index (χ1n) is 8.78. The molecule has 1 fully saturated rings. The Bertz CT molecular complexity index is 978. The molecule has 0 saturated carbocycles. The molecule has 1 aromatic heterocycles. The van der Waals surface area contributed by atoms with Crippen LogP contribution in [0.4, 0.5) is 5.13 Å². The second-order valence-electron chi connectivity index (χ2n) is 7.04. The van der Waals surface area contributed by atoms with Crippen molar-refractivity contribution in [3.05, 3.63) is 53.6 Å². The Kier molecular flexibility index (Phi) is 3.43. The molecule has 5 rings (SSSR count). The Hall–Kier alpha value is -2.60. The van der Waals surface area contributed by atoms with E-state index in [4.69, 9.17) is 14.8 Å². The van der Waals surface area contributed by atoms with Crippen molar-refractivity contribution in [2.75, 3.05) is 18.0 Å². The predicted octanol–water partition coefficient (Wildman–Crippen LogP) is 3.97. The lowest BCUT2D eigenvalue weighted by atomic mass is 9.87. The van der Waals surface area contributed by atoms with Gasteiger partial charge in [-0.05, 0) is 29.8 Å². The van der Waals surface area contributed by atoms with Crippen molar-refractivity contribution in [3.8, 4) is 5.75 Å². The molecule has 1 spiro atoms. The van der Waals surface area contributed by atoms with Crippen LogP contribution >= 0.6 is 11.3 Å². The minimum absolute atomic E-state index is 0.0760. The van der Waals surface area contributed by atoms with Crippen LogP contribution in [-0.4, -0.2) is 34.8 Å².